The van der Waals surface area contributed by atoms with Crippen LogP contribution in [0.1, 0.15) is 33.6 Å². The van der Waals surface area contributed by atoms with Gasteiger partial charge >= 0.3 is 0 Å². The van der Waals surface area contributed by atoms with Crippen LogP contribution >= 0.6 is 0 Å². The summed E-state index contributed by atoms with van der Waals surface area (Å²) in [5.74, 6) is 0.138. The first-order valence-corrected chi connectivity index (χ1v) is 5.02. The minimum absolute atomic E-state index is 0.138. The molecule has 1 rings (SSSR count). The summed E-state index contributed by atoms with van der Waals surface area (Å²) in [5.41, 5.74) is 0. The summed E-state index contributed by atoms with van der Waals surface area (Å²) in [5, 5.41) is 0. The Morgan fingerprint density at radius 1 is 1.62 bits per heavy atom. The van der Waals surface area contributed by atoms with E-state index in [1.165, 1.54) is 0 Å². The molecule has 0 spiro atoms. The van der Waals surface area contributed by atoms with Gasteiger partial charge in [0.25, 0.3) is 0 Å². The average molecular weight is 185 g/mol. The first-order chi connectivity index (χ1) is 6.11. The van der Waals surface area contributed by atoms with Gasteiger partial charge in [-0.1, -0.05) is 0 Å². The van der Waals surface area contributed by atoms with E-state index in [9.17, 15) is 4.79 Å². The van der Waals surface area contributed by atoms with Gasteiger partial charge in [0.05, 0.1) is 6.10 Å². The molecule has 0 aliphatic carbocycles. The molecular formula is C10H19NO2. The molecule has 0 aromatic heterocycles. The van der Waals surface area contributed by atoms with E-state index < -0.39 is 0 Å². The summed E-state index contributed by atoms with van der Waals surface area (Å²) in [6.07, 6.45) is 2.41. The Morgan fingerprint density at radius 3 is 2.77 bits per heavy atom. The summed E-state index contributed by atoms with van der Waals surface area (Å²) in [4.78, 5) is 13.5. The van der Waals surface area contributed by atoms with Crippen molar-refractivity contribution in [1.82, 2.24) is 4.90 Å². The van der Waals surface area contributed by atoms with Crippen molar-refractivity contribution < 1.29 is 9.53 Å². The number of ether oxygens (including phenoxy) is 1. The summed E-state index contributed by atoms with van der Waals surface area (Å²) in [7, 11) is 0. The molecule has 1 atom stereocenters. The maximum Gasteiger partial charge on any atom is 0.248 e. The van der Waals surface area contributed by atoms with Crippen molar-refractivity contribution >= 4 is 5.91 Å². The zero-order valence-electron chi connectivity index (χ0n) is 8.75. The van der Waals surface area contributed by atoms with Gasteiger partial charge in [0.2, 0.25) is 5.91 Å². The standard InChI is InChI=1S/C10H19NO2/c1-8(2)13-7-10(12)11-6-4-5-9(11)3/h8-9H,4-7H2,1-3H3. The molecule has 3 heteroatoms. The van der Waals surface area contributed by atoms with E-state index in [0.29, 0.717) is 6.04 Å². The minimum atomic E-state index is 0.138. The molecule has 1 unspecified atom stereocenters. The lowest BCUT2D eigenvalue weighted by molar-refractivity contribution is -0.138. The molecule has 3 nitrogen and oxygen atoms in total. The molecule has 0 aromatic carbocycles. The Labute approximate surface area is 80.1 Å². The van der Waals surface area contributed by atoms with Gasteiger partial charge in [0.15, 0.2) is 0 Å². The number of hydrogen-bond acceptors (Lipinski definition) is 2. The molecule has 1 aliphatic rings. The average Bonchev–Trinajstić information content (AvgIpc) is 2.47. The SMILES string of the molecule is CC(C)OCC(=O)N1CCCC1C. The number of carbonyl (C=O) groups is 1. The van der Waals surface area contributed by atoms with Crippen LogP contribution in [-0.4, -0.2) is 36.1 Å². The van der Waals surface area contributed by atoms with E-state index in [0.717, 1.165) is 19.4 Å². The molecular weight excluding hydrogens is 166 g/mol. The minimum Gasteiger partial charge on any atom is -0.369 e. The number of rotatable bonds is 3. The van der Waals surface area contributed by atoms with Crippen molar-refractivity contribution in [2.45, 2.75) is 45.8 Å². The second kappa shape index (κ2) is 4.61. The Hall–Kier alpha value is -0.570. The second-order valence-corrected chi connectivity index (χ2v) is 3.94. The summed E-state index contributed by atoms with van der Waals surface area (Å²) >= 11 is 0. The van der Waals surface area contributed by atoms with E-state index in [2.05, 4.69) is 6.92 Å². The van der Waals surface area contributed by atoms with E-state index in [1.807, 2.05) is 18.7 Å². The molecule has 1 aliphatic heterocycles. The molecule has 76 valence electrons. The van der Waals surface area contributed by atoms with Crippen molar-refractivity contribution in [2.75, 3.05) is 13.2 Å². The summed E-state index contributed by atoms with van der Waals surface area (Å²) in [6, 6.07) is 0.406. The zero-order valence-corrected chi connectivity index (χ0v) is 8.75. The molecule has 13 heavy (non-hydrogen) atoms. The molecule has 0 saturated carbocycles. The van der Waals surface area contributed by atoms with Crippen LogP contribution in [0.25, 0.3) is 0 Å². The van der Waals surface area contributed by atoms with Crippen LogP contribution in [0.15, 0.2) is 0 Å². The Balaban J connectivity index is 2.30. The Kier molecular flexibility index (Phi) is 3.72. The fourth-order valence-electron chi connectivity index (χ4n) is 1.62. The molecule has 1 amide bonds. The molecule has 1 fully saturated rings. The predicted octanol–water partition coefficient (Wildman–Crippen LogP) is 1.42. The van der Waals surface area contributed by atoms with Gasteiger partial charge in [-0.25, -0.2) is 0 Å². The first-order valence-electron chi connectivity index (χ1n) is 5.02. The van der Waals surface area contributed by atoms with E-state index >= 15 is 0 Å². The van der Waals surface area contributed by atoms with Crippen molar-refractivity contribution in [1.29, 1.82) is 0 Å². The number of carbonyl (C=O) groups excluding carboxylic acids is 1. The van der Waals surface area contributed by atoms with Crippen LogP contribution in [0.4, 0.5) is 0 Å². The molecule has 1 saturated heterocycles. The Bertz CT molecular complexity index is 180. The van der Waals surface area contributed by atoms with Gasteiger partial charge in [-0.05, 0) is 33.6 Å². The smallest absolute Gasteiger partial charge is 0.248 e. The highest BCUT2D eigenvalue weighted by Gasteiger charge is 2.24. The van der Waals surface area contributed by atoms with Crippen LogP contribution in [0, 0.1) is 0 Å². The third-order valence-electron chi connectivity index (χ3n) is 2.41. The molecule has 0 N–H and O–H groups in total. The molecule has 0 radical (unpaired) electrons. The normalized spacial score (nSPS) is 22.8. The van der Waals surface area contributed by atoms with Crippen molar-refractivity contribution in [2.24, 2.45) is 0 Å². The highest BCUT2D eigenvalue weighted by atomic mass is 16.5. The lowest BCUT2D eigenvalue weighted by Crippen LogP contribution is -2.36. The molecule has 0 aromatic rings. The van der Waals surface area contributed by atoms with Gasteiger partial charge in [0, 0.05) is 12.6 Å². The molecule has 1 heterocycles. The fraction of sp³-hybridized carbons (Fsp3) is 0.900. The largest absolute Gasteiger partial charge is 0.369 e. The topological polar surface area (TPSA) is 29.5 Å². The van der Waals surface area contributed by atoms with Crippen molar-refractivity contribution in [3.8, 4) is 0 Å². The van der Waals surface area contributed by atoms with E-state index in [4.69, 9.17) is 4.74 Å². The highest BCUT2D eigenvalue weighted by molar-refractivity contribution is 5.78. The third-order valence-corrected chi connectivity index (χ3v) is 2.41. The van der Waals surface area contributed by atoms with Crippen LogP contribution in [0.2, 0.25) is 0 Å². The second-order valence-electron chi connectivity index (χ2n) is 3.94. The monoisotopic (exact) mass is 185 g/mol. The van der Waals surface area contributed by atoms with E-state index in [1.54, 1.807) is 0 Å². The molecule has 0 bridgehead atoms. The van der Waals surface area contributed by atoms with Gasteiger partial charge in [-0.2, -0.15) is 0 Å². The van der Waals surface area contributed by atoms with Gasteiger partial charge in [0.1, 0.15) is 6.61 Å². The number of nitrogens with zero attached hydrogens (tertiary/aromatic N) is 1. The van der Waals surface area contributed by atoms with Crippen LogP contribution in [0.5, 0.6) is 0 Å². The third kappa shape index (κ3) is 2.99. The van der Waals surface area contributed by atoms with Gasteiger partial charge < -0.3 is 9.64 Å². The maximum absolute atomic E-state index is 11.6. The Morgan fingerprint density at radius 2 is 2.31 bits per heavy atom. The maximum atomic E-state index is 11.6. The lowest BCUT2D eigenvalue weighted by Gasteiger charge is -2.21. The van der Waals surface area contributed by atoms with Crippen LogP contribution in [-0.2, 0) is 9.53 Å². The van der Waals surface area contributed by atoms with Crippen LogP contribution < -0.4 is 0 Å². The highest BCUT2D eigenvalue weighted by Crippen LogP contribution is 2.16. The predicted molar refractivity (Wildman–Crippen MR) is 51.5 cm³/mol. The number of amides is 1. The fourth-order valence-corrected chi connectivity index (χ4v) is 1.62. The van der Waals surface area contributed by atoms with Crippen molar-refractivity contribution in [3.63, 3.8) is 0 Å². The lowest BCUT2D eigenvalue weighted by atomic mass is 10.2. The summed E-state index contributed by atoms with van der Waals surface area (Å²) < 4.78 is 5.27. The van der Waals surface area contributed by atoms with Gasteiger partial charge in [-0.15, -0.1) is 0 Å². The zero-order chi connectivity index (χ0) is 9.84. The number of hydrogen-bond donors (Lipinski definition) is 0. The first kappa shape index (κ1) is 10.5. The van der Waals surface area contributed by atoms with Crippen LogP contribution in [0.3, 0.4) is 0 Å². The summed E-state index contributed by atoms with van der Waals surface area (Å²) in [6.45, 7) is 7.13. The van der Waals surface area contributed by atoms with Crippen molar-refractivity contribution in [3.05, 3.63) is 0 Å². The number of likely N-dealkylation sites (tertiary alicyclic amines) is 1. The van der Waals surface area contributed by atoms with Gasteiger partial charge in [-0.3, -0.25) is 4.79 Å². The quantitative estimate of drug-likeness (QED) is 0.665. The van der Waals surface area contributed by atoms with E-state index in [-0.39, 0.29) is 18.6 Å².